The molecular weight excluding hydrogens is 737 g/mol. The van der Waals surface area contributed by atoms with Gasteiger partial charge in [0.2, 0.25) is 11.8 Å². The maximum absolute atomic E-state index is 13.9. The van der Waals surface area contributed by atoms with E-state index in [-0.39, 0.29) is 41.8 Å². The first-order valence-corrected chi connectivity index (χ1v) is 20.6. The van der Waals surface area contributed by atoms with Gasteiger partial charge in [-0.05, 0) is 78.0 Å². The number of imidazole rings is 2. The Morgan fingerprint density at radius 3 is 1.84 bits per heavy atom. The Kier molecular flexibility index (Phi) is 12.2. The Morgan fingerprint density at radius 2 is 1.28 bits per heavy atom. The van der Waals surface area contributed by atoms with Gasteiger partial charge in [-0.15, -0.1) is 0 Å². The van der Waals surface area contributed by atoms with Crippen LogP contribution in [0.2, 0.25) is 0 Å². The number of rotatable bonds is 15. The summed E-state index contributed by atoms with van der Waals surface area (Å²) < 4.78 is 9.57. The maximum Gasteiger partial charge on any atom is 0.407 e. The van der Waals surface area contributed by atoms with Crippen molar-refractivity contribution in [3.63, 3.8) is 0 Å². The topological polar surface area (TPSA) is 183 Å². The fourth-order valence-electron chi connectivity index (χ4n) is 8.14. The highest BCUT2D eigenvalue weighted by Gasteiger charge is 2.52. The van der Waals surface area contributed by atoms with E-state index in [1.807, 2.05) is 38.8 Å². The molecule has 308 valence electrons. The molecule has 4 amide bonds. The molecule has 0 spiro atoms. The fraction of sp³-hybridized carbons (Fsp3) is 0.500. The van der Waals surface area contributed by atoms with Crippen LogP contribution < -0.4 is 16.0 Å². The number of carbonyl (C=O) groups excluding carboxylic acids is 4. The van der Waals surface area contributed by atoms with E-state index in [1.54, 1.807) is 6.20 Å². The molecule has 58 heavy (non-hydrogen) atoms. The van der Waals surface area contributed by atoms with Gasteiger partial charge in [-0.25, -0.2) is 19.6 Å². The number of aromatic nitrogens is 4. The number of nitrogens with zero attached hydrogens (tertiary/aromatic N) is 3. The summed E-state index contributed by atoms with van der Waals surface area (Å²) in [5.74, 6) is 2.01. The Balaban J connectivity index is 1.02. The number of carbonyl (C=O) groups is 4. The number of hydrogen-bond donors (Lipinski definition) is 5. The molecule has 3 heterocycles. The van der Waals surface area contributed by atoms with E-state index in [0.29, 0.717) is 17.7 Å². The van der Waals surface area contributed by atoms with Gasteiger partial charge in [-0.1, -0.05) is 89.1 Å². The van der Waals surface area contributed by atoms with Crippen molar-refractivity contribution in [2.45, 2.75) is 103 Å². The number of ether oxygens (including phenoxy) is 2. The van der Waals surface area contributed by atoms with Crippen molar-refractivity contribution in [1.82, 2.24) is 40.8 Å². The Labute approximate surface area is 339 Å². The number of piperidine rings is 1. The van der Waals surface area contributed by atoms with Gasteiger partial charge in [0.1, 0.15) is 23.7 Å². The minimum atomic E-state index is -0.735. The molecule has 6 atom stereocenters. The first kappa shape index (κ1) is 40.5. The van der Waals surface area contributed by atoms with Gasteiger partial charge >= 0.3 is 12.2 Å². The highest BCUT2D eigenvalue weighted by atomic mass is 16.5. The van der Waals surface area contributed by atoms with Crippen molar-refractivity contribution in [3.8, 4) is 33.6 Å². The van der Waals surface area contributed by atoms with E-state index in [0.717, 1.165) is 71.6 Å². The molecule has 2 unspecified atom stereocenters. The minimum absolute atomic E-state index is 0.0953. The van der Waals surface area contributed by atoms with Crippen LogP contribution in [-0.4, -0.2) is 81.2 Å². The Bertz CT molecular complexity index is 2070. The van der Waals surface area contributed by atoms with Crippen molar-refractivity contribution in [1.29, 1.82) is 0 Å². The Hall–Kier alpha value is -5.66. The molecular formula is C44H56N8O6. The van der Waals surface area contributed by atoms with Crippen molar-refractivity contribution in [3.05, 3.63) is 72.6 Å². The van der Waals surface area contributed by atoms with Gasteiger partial charge in [0.25, 0.3) is 0 Å². The van der Waals surface area contributed by atoms with Crippen LogP contribution in [0.1, 0.15) is 96.4 Å². The van der Waals surface area contributed by atoms with Gasteiger partial charge in [0.15, 0.2) is 0 Å². The molecule has 0 bridgehead atoms. The lowest BCUT2D eigenvalue weighted by molar-refractivity contribution is -0.139. The molecule has 3 aliphatic rings. The summed E-state index contributed by atoms with van der Waals surface area (Å²) in [5.41, 5.74) is 5.79. The van der Waals surface area contributed by atoms with E-state index in [1.165, 1.54) is 27.1 Å². The first-order valence-electron chi connectivity index (χ1n) is 20.6. The summed E-state index contributed by atoms with van der Waals surface area (Å²) in [5, 5.41) is 8.55. The SMILES string of the molecule is COC(=O)N[C@H](C(=O)N[C@@H](CCC1CC1)c1ncc(-c2ccc(-c3ccc(-c4cnc([C@@H]5CCC6CC6N5C(=O)[C@@H](NC(=O)OC)C(C)C)[nH]4)cc3)cc2)[nH]1)C(C)C. The zero-order valence-corrected chi connectivity index (χ0v) is 34.2. The molecule has 14 heteroatoms. The number of alkyl carbamates (subject to hydrolysis) is 2. The number of aromatic amines is 2. The average Bonchev–Trinajstić information content (AvgIpc) is 4.11. The van der Waals surface area contributed by atoms with E-state index >= 15 is 0 Å². The zero-order valence-electron chi connectivity index (χ0n) is 34.2. The lowest BCUT2D eigenvalue weighted by atomic mass is 9.97. The van der Waals surface area contributed by atoms with Crippen LogP contribution in [0.3, 0.4) is 0 Å². The second-order valence-corrected chi connectivity index (χ2v) is 16.7. The van der Waals surface area contributed by atoms with Crippen LogP contribution in [0.5, 0.6) is 0 Å². The molecule has 3 fully saturated rings. The number of benzene rings is 2. The highest BCUT2D eigenvalue weighted by Crippen LogP contribution is 2.50. The average molecular weight is 793 g/mol. The summed E-state index contributed by atoms with van der Waals surface area (Å²) in [6, 6.07) is 14.8. The van der Waals surface area contributed by atoms with Crippen molar-refractivity contribution < 1.29 is 28.7 Å². The number of methoxy groups -OCH3 is 2. The standard InChI is InChI=1S/C44H56N8O6/c1-24(2)37(50-43(55)57-5)41(53)49-32(19-9-26-7-8-26)39-45-22-33(47-39)29-14-10-27(11-15-29)28-12-16-30(17-13-28)34-23-46-40(48-34)35-20-18-31-21-36(31)52(35)42(54)38(25(3)4)51-44(56)58-6/h10-17,22-26,31-32,35-38H,7-9,18-21H2,1-6H3,(H,45,47)(H,46,48)(H,49,53)(H,50,55)(H,51,56)/t31?,32-,35-,36?,37-,38-/m0/s1. The second-order valence-electron chi connectivity index (χ2n) is 16.7. The monoisotopic (exact) mass is 792 g/mol. The molecule has 5 N–H and O–H groups in total. The zero-order chi connectivity index (χ0) is 41.1. The fourth-order valence-corrected chi connectivity index (χ4v) is 8.14. The second kappa shape index (κ2) is 17.5. The van der Waals surface area contributed by atoms with E-state index < -0.39 is 24.3 Å². The molecule has 2 aliphatic carbocycles. The van der Waals surface area contributed by atoms with Crippen molar-refractivity contribution >= 4 is 24.0 Å². The molecule has 2 aromatic heterocycles. The molecule has 0 radical (unpaired) electrons. The van der Waals surface area contributed by atoms with Crippen LogP contribution in [0, 0.1) is 23.7 Å². The van der Waals surface area contributed by atoms with Crippen LogP contribution in [0.15, 0.2) is 60.9 Å². The van der Waals surface area contributed by atoms with Gasteiger partial charge in [0.05, 0.1) is 50.1 Å². The van der Waals surface area contributed by atoms with Crippen LogP contribution in [0.4, 0.5) is 9.59 Å². The third-order valence-electron chi connectivity index (χ3n) is 11.9. The van der Waals surface area contributed by atoms with Gasteiger partial charge in [-0.2, -0.15) is 0 Å². The van der Waals surface area contributed by atoms with Gasteiger partial charge in [-0.3, -0.25) is 9.59 Å². The number of amides is 4. The molecule has 14 nitrogen and oxygen atoms in total. The number of hydrogen-bond acceptors (Lipinski definition) is 8. The minimum Gasteiger partial charge on any atom is -0.453 e. The van der Waals surface area contributed by atoms with Crippen LogP contribution >= 0.6 is 0 Å². The van der Waals surface area contributed by atoms with E-state index in [2.05, 4.69) is 74.4 Å². The smallest absolute Gasteiger partial charge is 0.407 e. The number of nitrogens with one attached hydrogen (secondary N) is 5. The van der Waals surface area contributed by atoms with Gasteiger partial charge in [0, 0.05) is 6.04 Å². The van der Waals surface area contributed by atoms with E-state index in [4.69, 9.17) is 19.4 Å². The lowest BCUT2D eigenvalue weighted by Gasteiger charge is -2.37. The summed E-state index contributed by atoms with van der Waals surface area (Å²) >= 11 is 0. The number of H-pyrrole nitrogens is 2. The van der Waals surface area contributed by atoms with E-state index in [9.17, 15) is 19.2 Å². The number of fused-ring (bicyclic) bond motifs is 1. The predicted molar refractivity (Wildman–Crippen MR) is 219 cm³/mol. The molecule has 7 rings (SSSR count). The molecule has 2 saturated carbocycles. The third kappa shape index (κ3) is 9.21. The summed E-state index contributed by atoms with van der Waals surface area (Å²) in [7, 11) is 2.59. The summed E-state index contributed by atoms with van der Waals surface area (Å²) in [6.45, 7) is 7.62. The van der Waals surface area contributed by atoms with Crippen molar-refractivity contribution in [2.75, 3.05) is 14.2 Å². The summed E-state index contributed by atoms with van der Waals surface area (Å²) in [6.07, 6.45) is 9.36. The largest absolute Gasteiger partial charge is 0.453 e. The number of likely N-dealkylation sites (tertiary alicyclic amines) is 1. The molecule has 1 saturated heterocycles. The maximum atomic E-state index is 13.9. The molecule has 2 aromatic carbocycles. The first-order chi connectivity index (χ1) is 27.9. The van der Waals surface area contributed by atoms with Crippen LogP contribution in [0.25, 0.3) is 33.6 Å². The summed E-state index contributed by atoms with van der Waals surface area (Å²) in [4.78, 5) is 69.7. The van der Waals surface area contributed by atoms with Crippen LogP contribution in [-0.2, 0) is 19.1 Å². The molecule has 4 aromatic rings. The molecule has 1 aliphatic heterocycles. The van der Waals surface area contributed by atoms with Crippen molar-refractivity contribution in [2.24, 2.45) is 23.7 Å². The quantitative estimate of drug-likeness (QED) is 0.0831. The van der Waals surface area contributed by atoms with Gasteiger partial charge < -0.3 is 40.3 Å². The lowest BCUT2D eigenvalue weighted by Crippen LogP contribution is -2.54. The normalized spacial score (nSPS) is 20.1. The predicted octanol–water partition coefficient (Wildman–Crippen LogP) is 7.29. The highest BCUT2D eigenvalue weighted by molar-refractivity contribution is 5.87. The Morgan fingerprint density at radius 1 is 0.724 bits per heavy atom. The third-order valence-corrected chi connectivity index (χ3v) is 11.9.